The molecule has 1 atom stereocenters. The SMILES string of the molecule is CC(=O)/C=C(/C)O.CNC1(c2ccccc2Cl)CCCCC1=O. The number of hydrogen-bond donors (Lipinski definition) is 2. The van der Waals surface area contributed by atoms with E-state index in [2.05, 4.69) is 5.32 Å². The summed E-state index contributed by atoms with van der Waals surface area (Å²) in [6.07, 6.45) is 4.71. The summed E-state index contributed by atoms with van der Waals surface area (Å²) in [6, 6.07) is 7.62. The van der Waals surface area contributed by atoms with E-state index in [4.69, 9.17) is 16.7 Å². The van der Waals surface area contributed by atoms with Crippen molar-refractivity contribution in [1.29, 1.82) is 0 Å². The molecule has 0 aliphatic heterocycles. The van der Waals surface area contributed by atoms with E-state index in [1.54, 1.807) is 0 Å². The number of carbonyl (C=O) groups excluding carboxylic acids is 2. The second-order valence-corrected chi connectivity index (χ2v) is 6.07. The summed E-state index contributed by atoms with van der Waals surface area (Å²) >= 11 is 6.20. The second kappa shape index (κ2) is 8.85. The first-order valence-corrected chi connectivity index (χ1v) is 8.06. The maximum atomic E-state index is 12.2. The van der Waals surface area contributed by atoms with Crippen LogP contribution in [0.25, 0.3) is 0 Å². The maximum absolute atomic E-state index is 12.2. The minimum absolute atomic E-state index is 0.0625. The summed E-state index contributed by atoms with van der Waals surface area (Å²) in [5.41, 5.74) is 0.361. The summed E-state index contributed by atoms with van der Waals surface area (Å²) in [4.78, 5) is 22.2. The van der Waals surface area contributed by atoms with Gasteiger partial charge in [-0.1, -0.05) is 36.2 Å². The monoisotopic (exact) mass is 337 g/mol. The average molecular weight is 338 g/mol. The molecule has 2 N–H and O–H groups in total. The molecule has 1 unspecified atom stereocenters. The number of halogens is 1. The van der Waals surface area contributed by atoms with Gasteiger partial charge in [-0.3, -0.25) is 9.59 Å². The molecule has 0 bridgehead atoms. The Morgan fingerprint density at radius 1 is 1.30 bits per heavy atom. The minimum Gasteiger partial charge on any atom is -0.512 e. The van der Waals surface area contributed by atoms with Crippen molar-refractivity contribution in [3.05, 3.63) is 46.7 Å². The maximum Gasteiger partial charge on any atom is 0.157 e. The highest BCUT2D eigenvalue weighted by Gasteiger charge is 2.40. The molecule has 0 heterocycles. The van der Waals surface area contributed by atoms with Gasteiger partial charge in [-0.05, 0) is 45.4 Å². The van der Waals surface area contributed by atoms with Gasteiger partial charge in [0, 0.05) is 17.5 Å². The smallest absolute Gasteiger partial charge is 0.157 e. The van der Waals surface area contributed by atoms with Crippen molar-refractivity contribution >= 4 is 23.2 Å². The van der Waals surface area contributed by atoms with Crippen LogP contribution in [-0.2, 0) is 15.1 Å². The van der Waals surface area contributed by atoms with E-state index >= 15 is 0 Å². The van der Waals surface area contributed by atoms with Gasteiger partial charge < -0.3 is 10.4 Å². The van der Waals surface area contributed by atoms with Crippen LogP contribution >= 0.6 is 11.6 Å². The predicted octanol–water partition coefficient (Wildman–Crippen LogP) is 3.94. The van der Waals surface area contributed by atoms with Crippen LogP contribution in [-0.4, -0.2) is 23.7 Å². The van der Waals surface area contributed by atoms with Gasteiger partial charge in [-0.25, -0.2) is 0 Å². The number of hydrogen-bond acceptors (Lipinski definition) is 4. The highest BCUT2D eigenvalue weighted by Crippen LogP contribution is 2.37. The van der Waals surface area contributed by atoms with Crippen LogP contribution in [0.2, 0.25) is 5.02 Å². The van der Waals surface area contributed by atoms with E-state index in [-0.39, 0.29) is 17.3 Å². The second-order valence-electron chi connectivity index (χ2n) is 5.66. The normalized spacial score (nSPS) is 21.4. The zero-order chi connectivity index (χ0) is 17.5. The van der Waals surface area contributed by atoms with Gasteiger partial charge in [0.2, 0.25) is 0 Å². The minimum atomic E-state index is -0.559. The molecule has 4 nitrogen and oxygen atoms in total. The third-order valence-corrected chi connectivity index (χ3v) is 4.18. The van der Waals surface area contributed by atoms with Crippen LogP contribution in [0.5, 0.6) is 0 Å². The van der Waals surface area contributed by atoms with Gasteiger partial charge in [-0.2, -0.15) is 0 Å². The molecule has 2 rings (SSSR count). The molecule has 5 heteroatoms. The van der Waals surface area contributed by atoms with E-state index in [1.165, 1.54) is 19.9 Å². The molecule has 126 valence electrons. The van der Waals surface area contributed by atoms with Crippen molar-refractivity contribution in [2.45, 2.75) is 45.1 Å². The van der Waals surface area contributed by atoms with E-state index in [9.17, 15) is 9.59 Å². The van der Waals surface area contributed by atoms with Crippen molar-refractivity contribution in [3.63, 3.8) is 0 Å². The van der Waals surface area contributed by atoms with Crippen LogP contribution in [0.3, 0.4) is 0 Å². The molecule has 23 heavy (non-hydrogen) atoms. The van der Waals surface area contributed by atoms with Crippen molar-refractivity contribution in [2.75, 3.05) is 7.05 Å². The fourth-order valence-corrected chi connectivity index (χ4v) is 3.11. The number of ketones is 2. The van der Waals surface area contributed by atoms with Crippen LogP contribution in [0.15, 0.2) is 36.1 Å². The molecule has 1 aliphatic rings. The average Bonchev–Trinajstić information content (AvgIpc) is 2.48. The Kier molecular flexibility index (Phi) is 7.46. The Labute approximate surface area is 142 Å². The van der Waals surface area contributed by atoms with Crippen LogP contribution in [0.1, 0.15) is 45.1 Å². The fourth-order valence-electron chi connectivity index (χ4n) is 2.81. The standard InChI is InChI=1S/C13H16ClNO.C5H8O2/c1-15-13(9-5-4-8-12(13)16)10-6-2-3-7-11(10)14;1-4(6)3-5(2)7/h2-3,6-7,15H,4-5,8-9H2,1H3;3,6H,1-2H3/b;4-3-. The van der Waals surface area contributed by atoms with Crippen molar-refractivity contribution in [2.24, 2.45) is 0 Å². The number of allylic oxidation sites excluding steroid dienone is 2. The summed E-state index contributed by atoms with van der Waals surface area (Å²) in [7, 11) is 1.84. The lowest BCUT2D eigenvalue weighted by molar-refractivity contribution is -0.127. The molecule has 1 aliphatic carbocycles. The zero-order valence-corrected chi connectivity index (χ0v) is 14.6. The Bertz CT molecular complexity index is 594. The number of aliphatic hydroxyl groups is 1. The van der Waals surface area contributed by atoms with Gasteiger partial charge >= 0.3 is 0 Å². The number of Topliss-reactive ketones (excluding diaryl/α,β-unsaturated/α-hetero) is 1. The van der Waals surface area contributed by atoms with Crippen molar-refractivity contribution < 1.29 is 14.7 Å². The molecule has 1 aromatic carbocycles. The summed E-state index contributed by atoms with van der Waals surface area (Å²) in [5.74, 6) is 0.196. The molecule has 0 aromatic heterocycles. The van der Waals surface area contributed by atoms with Crippen LogP contribution in [0.4, 0.5) is 0 Å². The number of likely N-dealkylation sites (N-methyl/N-ethyl adjacent to an activating group) is 1. The summed E-state index contributed by atoms with van der Waals surface area (Å²) < 4.78 is 0. The molecule has 0 amide bonds. The van der Waals surface area contributed by atoms with Gasteiger partial charge in [0.05, 0.1) is 5.76 Å². The number of benzene rings is 1. The summed E-state index contributed by atoms with van der Waals surface area (Å²) in [6.45, 7) is 2.85. The van der Waals surface area contributed by atoms with Gasteiger partial charge in [0.15, 0.2) is 11.6 Å². The van der Waals surface area contributed by atoms with Gasteiger partial charge in [0.25, 0.3) is 0 Å². The zero-order valence-electron chi connectivity index (χ0n) is 13.9. The molecular weight excluding hydrogens is 314 g/mol. The number of nitrogens with one attached hydrogen (secondary N) is 1. The Hall–Kier alpha value is -1.65. The van der Waals surface area contributed by atoms with Crippen LogP contribution < -0.4 is 5.32 Å². The molecule has 1 saturated carbocycles. The molecule has 0 radical (unpaired) electrons. The molecule has 1 fully saturated rings. The highest BCUT2D eigenvalue weighted by atomic mass is 35.5. The quantitative estimate of drug-likeness (QED) is 0.647. The molecule has 0 spiro atoms. The highest BCUT2D eigenvalue weighted by molar-refractivity contribution is 6.31. The van der Waals surface area contributed by atoms with E-state index in [0.717, 1.165) is 24.8 Å². The first-order valence-electron chi connectivity index (χ1n) is 7.68. The Morgan fingerprint density at radius 3 is 2.39 bits per heavy atom. The fraction of sp³-hybridized carbons (Fsp3) is 0.444. The van der Waals surface area contributed by atoms with E-state index < -0.39 is 5.54 Å². The lowest BCUT2D eigenvalue weighted by Gasteiger charge is -2.36. The topological polar surface area (TPSA) is 66.4 Å². The van der Waals surface area contributed by atoms with Crippen molar-refractivity contribution in [1.82, 2.24) is 5.32 Å². The molecular formula is C18H24ClNO3. The number of carbonyl (C=O) groups is 2. The third kappa shape index (κ3) is 5.19. The Balaban J connectivity index is 0.000000322. The number of aliphatic hydroxyl groups excluding tert-OH is 1. The predicted molar refractivity (Wildman–Crippen MR) is 92.7 cm³/mol. The first kappa shape index (κ1) is 19.4. The van der Waals surface area contributed by atoms with E-state index in [1.807, 2.05) is 31.3 Å². The van der Waals surface area contributed by atoms with Gasteiger partial charge in [0.1, 0.15) is 5.54 Å². The third-order valence-electron chi connectivity index (χ3n) is 3.85. The van der Waals surface area contributed by atoms with Crippen molar-refractivity contribution in [3.8, 4) is 0 Å². The largest absolute Gasteiger partial charge is 0.512 e. The van der Waals surface area contributed by atoms with Crippen LogP contribution in [0, 0.1) is 0 Å². The van der Waals surface area contributed by atoms with Gasteiger partial charge in [-0.15, -0.1) is 0 Å². The Morgan fingerprint density at radius 2 is 1.96 bits per heavy atom. The number of rotatable bonds is 3. The first-order chi connectivity index (χ1) is 10.8. The van der Waals surface area contributed by atoms with E-state index in [0.29, 0.717) is 11.4 Å². The summed E-state index contributed by atoms with van der Waals surface area (Å²) in [5, 5.41) is 12.2. The lowest BCUT2D eigenvalue weighted by Crippen LogP contribution is -2.49. The molecule has 0 saturated heterocycles. The lowest BCUT2D eigenvalue weighted by atomic mass is 9.75. The molecule has 1 aromatic rings.